The number of rotatable bonds is 7. The highest BCUT2D eigenvalue weighted by Gasteiger charge is 2.24. The number of ether oxygens (including phenoxy) is 1. The molecule has 0 fully saturated rings. The van der Waals surface area contributed by atoms with Crippen molar-refractivity contribution in [2.24, 2.45) is 4.99 Å². The molecule has 0 spiro atoms. The number of nitrogens with one attached hydrogen (secondary N) is 2. The Labute approximate surface area is 147 Å². The van der Waals surface area contributed by atoms with Crippen molar-refractivity contribution in [3.05, 3.63) is 52.2 Å². The molecule has 130 valence electrons. The number of hydrogen-bond acceptors (Lipinski definition) is 4. The average molecular weight is 347 g/mol. The standard InChI is InChI=1S/C18H25N3O2S/c1-4-19-17(20-12-14-7-9-15(23-3)10-8-14)21-13-18(2,22)16-6-5-11-24-16/h5-11,22H,4,12-13H2,1-3H3,(H2,19,20,21). The first-order chi connectivity index (χ1) is 11.5. The second kappa shape index (κ2) is 8.70. The quantitative estimate of drug-likeness (QED) is 0.532. The summed E-state index contributed by atoms with van der Waals surface area (Å²) in [5.41, 5.74) is 0.169. The Hall–Kier alpha value is -2.05. The van der Waals surface area contributed by atoms with Crippen LogP contribution in [-0.2, 0) is 12.1 Å². The number of aliphatic hydroxyl groups is 1. The first kappa shape index (κ1) is 18.3. The number of nitrogens with zero attached hydrogens (tertiary/aromatic N) is 1. The van der Waals surface area contributed by atoms with Gasteiger partial charge in [-0.25, -0.2) is 4.99 Å². The summed E-state index contributed by atoms with van der Waals surface area (Å²) in [7, 11) is 1.65. The third kappa shape index (κ3) is 5.25. The van der Waals surface area contributed by atoms with Gasteiger partial charge in [0.25, 0.3) is 0 Å². The predicted molar refractivity (Wildman–Crippen MR) is 99.7 cm³/mol. The summed E-state index contributed by atoms with van der Waals surface area (Å²) in [6, 6.07) is 11.7. The number of aliphatic imine (C=N–C) groups is 1. The van der Waals surface area contributed by atoms with Gasteiger partial charge in [0, 0.05) is 11.4 Å². The Morgan fingerprint density at radius 1 is 1.25 bits per heavy atom. The van der Waals surface area contributed by atoms with E-state index in [1.54, 1.807) is 25.4 Å². The van der Waals surface area contributed by atoms with Gasteiger partial charge in [-0.15, -0.1) is 11.3 Å². The average Bonchev–Trinajstić information content (AvgIpc) is 3.13. The van der Waals surface area contributed by atoms with Crippen LogP contribution in [0.2, 0.25) is 0 Å². The molecule has 0 bridgehead atoms. The predicted octanol–water partition coefficient (Wildman–Crippen LogP) is 2.72. The molecule has 1 aromatic heterocycles. The normalized spacial score (nSPS) is 14.1. The maximum Gasteiger partial charge on any atom is 0.191 e. The molecule has 2 rings (SSSR count). The van der Waals surface area contributed by atoms with E-state index in [0.29, 0.717) is 19.0 Å². The highest BCUT2D eigenvalue weighted by atomic mass is 32.1. The van der Waals surface area contributed by atoms with Crippen LogP contribution in [0.15, 0.2) is 46.8 Å². The van der Waals surface area contributed by atoms with Gasteiger partial charge in [-0.3, -0.25) is 0 Å². The molecule has 2 aromatic rings. The molecule has 0 radical (unpaired) electrons. The fourth-order valence-electron chi connectivity index (χ4n) is 2.17. The van der Waals surface area contributed by atoms with Gasteiger partial charge in [-0.2, -0.15) is 0 Å². The SMILES string of the molecule is CCNC(=NCc1ccc(OC)cc1)NCC(C)(O)c1cccs1. The summed E-state index contributed by atoms with van der Waals surface area (Å²) in [5.74, 6) is 1.52. The fourth-order valence-corrected chi connectivity index (χ4v) is 2.96. The Bertz CT molecular complexity index is 637. The summed E-state index contributed by atoms with van der Waals surface area (Å²) in [4.78, 5) is 5.50. The second-order valence-corrected chi connectivity index (χ2v) is 6.60. The van der Waals surface area contributed by atoms with E-state index in [-0.39, 0.29) is 0 Å². The van der Waals surface area contributed by atoms with Crippen molar-refractivity contribution >= 4 is 17.3 Å². The van der Waals surface area contributed by atoms with Crippen LogP contribution in [0.25, 0.3) is 0 Å². The third-order valence-corrected chi connectivity index (χ3v) is 4.70. The van der Waals surface area contributed by atoms with E-state index in [1.165, 1.54) is 0 Å². The molecule has 5 nitrogen and oxygen atoms in total. The fraction of sp³-hybridized carbons (Fsp3) is 0.389. The molecule has 1 unspecified atom stereocenters. The second-order valence-electron chi connectivity index (χ2n) is 5.65. The number of hydrogen-bond donors (Lipinski definition) is 3. The van der Waals surface area contributed by atoms with Crippen LogP contribution in [0, 0.1) is 0 Å². The monoisotopic (exact) mass is 347 g/mol. The topological polar surface area (TPSA) is 65.9 Å². The van der Waals surface area contributed by atoms with Crippen molar-refractivity contribution in [1.29, 1.82) is 0 Å². The molecule has 0 aliphatic carbocycles. The number of methoxy groups -OCH3 is 1. The Kier molecular flexibility index (Phi) is 6.63. The molecule has 1 heterocycles. The summed E-state index contributed by atoms with van der Waals surface area (Å²) in [6.07, 6.45) is 0. The third-order valence-electron chi connectivity index (χ3n) is 3.58. The molecule has 24 heavy (non-hydrogen) atoms. The molecule has 0 amide bonds. The number of thiophene rings is 1. The smallest absolute Gasteiger partial charge is 0.191 e. The summed E-state index contributed by atoms with van der Waals surface area (Å²) >= 11 is 1.55. The lowest BCUT2D eigenvalue weighted by Crippen LogP contribution is -2.44. The highest BCUT2D eigenvalue weighted by Crippen LogP contribution is 2.24. The van der Waals surface area contributed by atoms with Crippen molar-refractivity contribution in [1.82, 2.24) is 10.6 Å². The highest BCUT2D eigenvalue weighted by molar-refractivity contribution is 7.10. The minimum atomic E-state index is -0.926. The van der Waals surface area contributed by atoms with Crippen LogP contribution in [0.4, 0.5) is 0 Å². The maximum absolute atomic E-state index is 10.6. The van der Waals surface area contributed by atoms with Gasteiger partial charge in [-0.1, -0.05) is 18.2 Å². The first-order valence-electron chi connectivity index (χ1n) is 7.96. The van der Waals surface area contributed by atoms with Crippen molar-refractivity contribution in [3.8, 4) is 5.75 Å². The van der Waals surface area contributed by atoms with Crippen molar-refractivity contribution < 1.29 is 9.84 Å². The molecule has 0 aliphatic rings. The zero-order chi connectivity index (χ0) is 17.4. The molecule has 0 aliphatic heterocycles. The van der Waals surface area contributed by atoms with Crippen molar-refractivity contribution in [2.75, 3.05) is 20.2 Å². The van der Waals surface area contributed by atoms with Crippen molar-refractivity contribution in [2.45, 2.75) is 26.0 Å². The van der Waals surface area contributed by atoms with Crippen LogP contribution in [0.5, 0.6) is 5.75 Å². The van der Waals surface area contributed by atoms with Crippen LogP contribution in [0.3, 0.4) is 0 Å². The van der Waals surface area contributed by atoms with E-state index < -0.39 is 5.60 Å². The van der Waals surface area contributed by atoms with Crippen LogP contribution in [0.1, 0.15) is 24.3 Å². The van der Waals surface area contributed by atoms with E-state index in [4.69, 9.17) is 4.74 Å². The van der Waals surface area contributed by atoms with E-state index in [1.807, 2.05) is 48.7 Å². The van der Waals surface area contributed by atoms with Crippen LogP contribution >= 0.6 is 11.3 Å². The Morgan fingerprint density at radius 3 is 2.58 bits per heavy atom. The lowest BCUT2D eigenvalue weighted by atomic mass is 10.1. The zero-order valence-corrected chi connectivity index (χ0v) is 15.2. The summed E-state index contributed by atoms with van der Waals surface area (Å²) < 4.78 is 5.16. The van der Waals surface area contributed by atoms with Gasteiger partial charge >= 0.3 is 0 Å². The first-order valence-corrected chi connectivity index (χ1v) is 8.84. The minimum absolute atomic E-state index is 0.391. The van der Waals surface area contributed by atoms with Gasteiger partial charge < -0.3 is 20.5 Å². The Balaban J connectivity index is 1.97. The number of guanidine groups is 1. The molecule has 0 saturated heterocycles. The molecule has 1 atom stereocenters. The lowest BCUT2D eigenvalue weighted by Gasteiger charge is -2.23. The van der Waals surface area contributed by atoms with Gasteiger partial charge in [0.2, 0.25) is 0 Å². The molecule has 3 N–H and O–H groups in total. The van der Waals surface area contributed by atoms with Gasteiger partial charge in [0.15, 0.2) is 5.96 Å². The summed E-state index contributed by atoms with van der Waals surface area (Å²) in [5, 5.41) is 19.0. The maximum atomic E-state index is 10.6. The minimum Gasteiger partial charge on any atom is -0.497 e. The number of benzene rings is 1. The van der Waals surface area contributed by atoms with Gasteiger partial charge in [0.1, 0.15) is 11.4 Å². The van der Waals surface area contributed by atoms with Crippen LogP contribution in [-0.4, -0.2) is 31.3 Å². The summed E-state index contributed by atoms with van der Waals surface area (Å²) in [6.45, 7) is 5.53. The van der Waals surface area contributed by atoms with Crippen molar-refractivity contribution in [3.63, 3.8) is 0 Å². The Morgan fingerprint density at radius 2 is 2.00 bits per heavy atom. The largest absolute Gasteiger partial charge is 0.497 e. The zero-order valence-electron chi connectivity index (χ0n) is 14.4. The molecule has 1 aromatic carbocycles. The van der Waals surface area contributed by atoms with E-state index in [2.05, 4.69) is 15.6 Å². The van der Waals surface area contributed by atoms with E-state index in [9.17, 15) is 5.11 Å². The lowest BCUT2D eigenvalue weighted by molar-refractivity contribution is 0.0655. The van der Waals surface area contributed by atoms with E-state index in [0.717, 1.165) is 22.7 Å². The molecular formula is C18H25N3O2S. The van der Waals surface area contributed by atoms with E-state index >= 15 is 0 Å². The van der Waals surface area contributed by atoms with Crippen LogP contribution < -0.4 is 15.4 Å². The van der Waals surface area contributed by atoms with Gasteiger partial charge in [0.05, 0.1) is 20.2 Å². The molecule has 6 heteroatoms. The van der Waals surface area contributed by atoms with Gasteiger partial charge in [-0.05, 0) is 43.0 Å². The molecule has 0 saturated carbocycles. The molecular weight excluding hydrogens is 322 g/mol.